The van der Waals surface area contributed by atoms with E-state index in [-0.39, 0.29) is 0 Å². The topological polar surface area (TPSA) is 52.0 Å². The second kappa shape index (κ2) is 5.08. The first kappa shape index (κ1) is 12.4. The van der Waals surface area contributed by atoms with Crippen LogP contribution in [0.1, 0.15) is 18.3 Å². The summed E-state index contributed by atoms with van der Waals surface area (Å²) in [6, 6.07) is 5.67. The van der Waals surface area contributed by atoms with Gasteiger partial charge in [0.15, 0.2) is 5.75 Å². The zero-order chi connectivity index (χ0) is 13.1. The third-order valence-corrected chi connectivity index (χ3v) is 2.73. The molecule has 0 aliphatic heterocycles. The Morgan fingerprint density at radius 1 is 1.33 bits per heavy atom. The molecule has 0 saturated heterocycles. The van der Waals surface area contributed by atoms with Crippen LogP contribution < -0.4 is 10.1 Å². The van der Waals surface area contributed by atoms with E-state index in [4.69, 9.17) is 4.74 Å². The smallest absolute Gasteiger partial charge is 0.221 e. The lowest BCUT2D eigenvalue weighted by molar-refractivity contribution is 0.456. The van der Waals surface area contributed by atoms with Gasteiger partial charge in [-0.3, -0.25) is 4.68 Å². The largest absolute Gasteiger partial charge is 0.435 e. The number of hydrogen-bond acceptors (Lipinski definition) is 4. The van der Waals surface area contributed by atoms with Gasteiger partial charge in [0, 0.05) is 19.7 Å². The number of rotatable bonds is 4. The Morgan fingerprint density at radius 2 is 2.11 bits per heavy atom. The van der Waals surface area contributed by atoms with Crippen molar-refractivity contribution < 1.29 is 4.74 Å². The normalized spacial score (nSPS) is 10.4. The maximum absolute atomic E-state index is 5.81. The predicted molar refractivity (Wildman–Crippen MR) is 71.2 cm³/mol. The van der Waals surface area contributed by atoms with Crippen LogP contribution >= 0.6 is 0 Å². The third-order valence-electron chi connectivity index (χ3n) is 2.73. The van der Waals surface area contributed by atoms with E-state index in [1.807, 2.05) is 46.0 Å². The first-order valence-electron chi connectivity index (χ1n) is 6.00. The highest BCUT2D eigenvalue weighted by atomic mass is 16.5. The zero-order valence-electron chi connectivity index (χ0n) is 11.2. The van der Waals surface area contributed by atoms with Crippen LogP contribution in [0.4, 0.5) is 5.82 Å². The van der Waals surface area contributed by atoms with Gasteiger partial charge in [-0.1, -0.05) is 6.07 Å². The van der Waals surface area contributed by atoms with Crippen LogP contribution in [0.25, 0.3) is 0 Å². The second-order valence-electron chi connectivity index (χ2n) is 4.12. The Hall–Kier alpha value is -2.04. The molecule has 2 aromatic heterocycles. The van der Waals surface area contributed by atoms with Crippen LogP contribution in [0.2, 0.25) is 0 Å². The number of pyridine rings is 1. The summed E-state index contributed by atoms with van der Waals surface area (Å²) < 4.78 is 7.62. The highest BCUT2D eigenvalue weighted by Crippen LogP contribution is 2.27. The molecule has 2 aromatic rings. The lowest BCUT2D eigenvalue weighted by Gasteiger charge is -2.07. The fourth-order valence-corrected chi connectivity index (χ4v) is 1.76. The lowest BCUT2D eigenvalue weighted by atomic mass is 10.3. The highest BCUT2D eigenvalue weighted by Gasteiger charge is 2.12. The van der Waals surface area contributed by atoms with E-state index < -0.39 is 0 Å². The van der Waals surface area contributed by atoms with Crippen molar-refractivity contribution in [2.45, 2.75) is 20.8 Å². The van der Waals surface area contributed by atoms with Crippen molar-refractivity contribution in [3.63, 3.8) is 0 Å². The van der Waals surface area contributed by atoms with Crippen LogP contribution in [0.5, 0.6) is 11.6 Å². The molecule has 0 aliphatic rings. The molecular formula is C13H18N4O. The van der Waals surface area contributed by atoms with E-state index in [0.29, 0.717) is 5.88 Å². The summed E-state index contributed by atoms with van der Waals surface area (Å²) in [5.74, 6) is 2.17. The molecule has 0 radical (unpaired) electrons. The third kappa shape index (κ3) is 2.45. The Kier molecular flexibility index (Phi) is 3.50. The first-order chi connectivity index (χ1) is 8.61. The number of anilines is 1. The van der Waals surface area contributed by atoms with Gasteiger partial charge in [-0.2, -0.15) is 10.1 Å². The molecular weight excluding hydrogens is 228 g/mol. The molecule has 0 fully saturated rings. The van der Waals surface area contributed by atoms with E-state index in [9.17, 15) is 0 Å². The molecule has 5 heteroatoms. The van der Waals surface area contributed by atoms with Crippen LogP contribution in [-0.2, 0) is 7.05 Å². The molecule has 2 rings (SSSR count). The highest BCUT2D eigenvalue weighted by molar-refractivity contribution is 5.40. The second-order valence-corrected chi connectivity index (χ2v) is 4.12. The van der Waals surface area contributed by atoms with Crippen LogP contribution in [-0.4, -0.2) is 21.3 Å². The minimum Gasteiger partial charge on any atom is -0.435 e. The fourth-order valence-electron chi connectivity index (χ4n) is 1.76. The Balaban J connectivity index is 2.25. The maximum Gasteiger partial charge on any atom is 0.221 e. The van der Waals surface area contributed by atoms with Gasteiger partial charge >= 0.3 is 0 Å². The molecule has 0 saturated carbocycles. The van der Waals surface area contributed by atoms with Crippen molar-refractivity contribution in [3.8, 4) is 11.6 Å². The summed E-state index contributed by atoms with van der Waals surface area (Å²) in [4.78, 5) is 4.38. The van der Waals surface area contributed by atoms with E-state index in [1.54, 1.807) is 4.68 Å². The molecule has 96 valence electrons. The van der Waals surface area contributed by atoms with E-state index in [0.717, 1.165) is 29.5 Å². The minimum absolute atomic E-state index is 0.577. The molecule has 0 amide bonds. The molecule has 2 heterocycles. The van der Waals surface area contributed by atoms with Crippen molar-refractivity contribution in [1.29, 1.82) is 0 Å². The van der Waals surface area contributed by atoms with Crippen LogP contribution in [0.15, 0.2) is 18.2 Å². The summed E-state index contributed by atoms with van der Waals surface area (Å²) in [5.41, 5.74) is 1.86. The van der Waals surface area contributed by atoms with Crippen molar-refractivity contribution in [3.05, 3.63) is 29.6 Å². The van der Waals surface area contributed by atoms with Crippen molar-refractivity contribution in [2.75, 3.05) is 11.9 Å². The van der Waals surface area contributed by atoms with Gasteiger partial charge in [0.1, 0.15) is 11.5 Å². The average Bonchev–Trinajstić information content (AvgIpc) is 2.57. The Labute approximate surface area is 107 Å². The number of nitrogens with zero attached hydrogens (tertiary/aromatic N) is 3. The summed E-state index contributed by atoms with van der Waals surface area (Å²) in [6.45, 7) is 6.77. The van der Waals surface area contributed by atoms with Crippen molar-refractivity contribution in [1.82, 2.24) is 14.8 Å². The maximum atomic E-state index is 5.81. The molecule has 0 aliphatic carbocycles. The monoisotopic (exact) mass is 246 g/mol. The Bertz CT molecular complexity index is 548. The number of aromatic nitrogens is 3. The van der Waals surface area contributed by atoms with Gasteiger partial charge < -0.3 is 10.1 Å². The van der Waals surface area contributed by atoms with Crippen LogP contribution in [0, 0.1) is 13.8 Å². The average molecular weight is 246 g/mol. The van der Waals surface area contributed by atoms with Gasteiger partial charge in [-0.15, -0.1) is 0 Å². The first-order valence-corrected chi connectivity index (χ1v) is 6.00. The van der Waals surface area contributed by atoms with Gasteiger partial charge in [-0.25, -0.2) is 0 Å². The van der Waals surface area contributed by atoms with Gasteiger partial charge in [0.25, 0.3) is 0 Å². The molecule has 0 bridgehead atoms. The number of nitrogens with one attached hydrogen (secondary N) is 1. The van der Waals surface area contributed by atoms with E-state index in [1.165, 1.54) is 0 Å². The summed E-state index contributed by atoms with van der Waals surface area (Å²) in [6.07, 6.45) is 0. The van der Waals surface area contributed by atoms with E-state index >= 15 is 0 Å². The molecule has 18 heavy (non-hydrogen) atoms. The molecule has 1 N–H and O–H groups in total. The summed E-state index contributed by atoms with van der Waals surface area (Å²) >= 11 is 0. The number of aryl methyl sites for hydroxylation is 2. The fraction of sp³-hybridized carbons (Fsp3) is 0.385. The molecule has 0 unspecified atom stereocenters. The lowest BCUT2D eigenvalue weighted by Crippen LogP contribution is -2.00. The Morgan fingerprint density at radius 3 is 2.72 bits per heavy atom. The molecule has 5 nitrogen and oxygen atoms in total. The number of ether oxygens (including phenoxy) is 1. The minimum atomic E-state index is 0.577. The van der Waals surface area contributed by atoms with E-state index in [2.05, 4.69) is 15.4 Å². The summed E-state index contributed by atoms with van der Waals surface area (Å²) in [5, 5.41) is 7.47. The molecule has 0 spiro atoms. The zero-order valence-corrected chi connectivity index (χ0v) is 11.2. The van der Waals surface area contributed by atoms with Gasteiger partial charge in [0.05, 0.1) is 5.69 Å². The standard InChI is InChI=1S/C13H18N4O/c1-5-14-11-7-6-8-12(15-11)18-13-9(2)16-17(4)10(13)3/h6-8H,5H2,1-4H3,(H,14,15). The number of hydrogen-bond donors (Lipinski definition) is 1. The predicted octanol–water partition coefficient (Wildman–Crippen LogP) is 2.66. The quantitative estimate of drug-likeness (QED) is 0.901. The molecule has 0 atom stereocenters. The molecule has 0 aromatic carbocycles. The van der Waals surface area contributed by atoms with Gasteiger partial charge in [-0.05, 0) is 26.8 Å². The van der Waals surface area contributed by atoms with Crippen molar-refractivity contribution >= 4 is 5.82 Å². The van der Waals surface area contributed by atoms with Crippen molar-refractivity contribution in [2.24, 2.45) is 7.05 Å². The summed E-state index contributed by atoms with van der Waals surface area (Å²) in [7, 11) is 1.90. The van der Waals surface area contributed by atoms with Gasteiger partial charge in [0.2, 0.25) is 5.88 Å². The van der Waals surface area contributed by atoms with Crippen LogP contribution in [0.3, 0.4) is 0 Å². The SMILES string of the molecule is CCNc1cccc(Oc2c(C)nn(C)c2C)n1.